The lowest BCUT2D eigenvalue weighted by molar-refractivity contribution is -0.856. The highest BCUT2D eigenvalue weighted by atomic mass is 32.1. The number of hydrogen-bond donors (Lipinski definition) is 2. The largest absolute Gasteiger partial charge is 0.348 e. The zero-order chi connectivity index (χ0) is 16.0. The van der Waals surface area contributed by atoms with Crippen molar-refractivity contribution in [2.24, 2.45) is 0 Å². The van der Waals surface area contributed by atoms with Crippen molar-refractivity contribution < 1.29 is 4.90 Å². The van der Waals surface area contributed by atoms with E-state index in [1.165, 1.54) is 40.0 Å². The molecule has 3 aromatic heterocycles. The van der Waals surface area contributed by atoms with Crippen molar-refractivity contribution in [1.29, 1.82) is 0 Å². The first-order chi connectivity index (χ1) is 11.1. The van der Waals surface area contributed by atoms with E-state index in [4.69, 9.17) is 4.98 Å². The van der Waals surface area contributed by atoms with E-state index in [0.717, 1.165) is 29.5 Å². The van der Waals surface area contributed by atoms with Crippen LogP contribution >= 0.6 is 11.3 Å². The van der Waals surface area contributed by atoms with Crippen molar-refractivity contribution in [3.8, 4) is 0 Å². The number of fused-ring (bicyclic) bond motifs is 5. The summed E-state index contributed by atoms with van der Waals surface area (Å²) in [6, 6.07) is 0. The van der Waals surface area contributed by atoms with Gasteiger partial charge in [0.25, 0.3) is 0 Å². The van der Waals surface area contributed by atoms with Crippen LogP contribution in [0.1, 0.15) is 36.1 Å². The minimum Gasteiger partial charge on any atom is -0.348 e. The Morgan fingerprint density at radius 3 is 3.13 bits per heavy atom. The highest BCUT2D eigenvalue weighted by Crippen LogP contribution is 2.43. The van der Waals surface area contributed by atoms with E-state index < -0.39 is 0 Å². The highest BCUT2D eigenvalue weighted by Gasteiger charge is 2.25. The maximum absolute atomic E-state index is 4.87. The van der Waals surface area contributed by atoms with Gasteiger partial charge >= 0.3 is 0 Å². The molecule has 3 heterocycles. The summed E-state index contributed by atoms with van der Waals surface area (Å²) in [5.74, 6) is 1.39. The number of anilines is 1. The fraction of sp³-hybridized carbons (Fsp3) is 0.562. The van der Waals surface area contributed by atoms with Gasteiger partial charge in [0.1, 0.15) is 11.2 Å². The normalized spacial score (nSPS) is 18.0. The molecule has 1 atom stereocenters. The molecule has 0 fully saturated rings. The third-order valence-electron chi connectivity index (χ3n) is 4.62. The Balaban J connectivity index is 1.84. The molecule has 0 amide bonds. The molecule has 122 valence electrons. The van der Waals surface area contributed by atoms with Crippen LogP contribution in [0.15, 0.2) is 6.33 Å². The molecule has 0 aliphatic heterocycles. The molecule has 0 bridgehead atoms. The zero-order valence-corrected chi connectivity index (χ0v) is 14.7. The number of quaternary nitrogens is 1. The molecule has 0 saturated carbocycles. The van der Waals surface area contributed by atoms with E-state index >= 15 is 0 Å². The van der Waals surface area contributed by atoms with Crippen LogP contribution in [-0.2, 0) is 6.42 Å². The van der Waals surface area contributed by atoms with Crippen molar-refractivity contribution in [2.75, 3.05) is 32.5 Å². The van der Waals surface area contributed by atoms with Crippen molar-refractivity contribution >= 4 is 33.1 Å². The molecule has 0 aromatic carbocycles. The summed E-state index contributed by atoms with van der Waals surface area (Å²) in [6.45, 7) is 4.23. The van der Waals surface area contributed by atoms with Crippen LogP contribution in [0.4, 0.5) is 5.95 Å². The number of nitrogens with zero attached hydrogens (tertiary/aromatic N) is 4. The molecular formula is C16H23N6S+. The third kappa shape index (κ3) is 2.48. The molecule has 1 aliphatic rings. The van der Waals surface area contributed by atoms with E-state index in [0.29, 0.717) is 5.92 Å². The molecular weight excluding hydrogens is 308 g/mol. The van der Waals surface area contributed by atoms with Crippen molar-refractivity contribution in [3.63, 3.8) is 0 Å². The monoisotopic (exact) mass is 331 g/mol. The predicted molar refractivity (Wildman–Crippen MR) is 93.7 cm³/mol. The summed E-state index contributed by atoms with van der Waals surface area (Å²) in [6.07, 6.45) is 5.34. The summed E-state index contributed by atoms with van der Waals surface area (Å²) in [4.78, 5) is 13.4. The van der Waals surface area contributed by atoms with Gasteiger partial charge in [-0.3, -0.25) is 0 Å². The van der Waals surface area contributed by atoms with Crippen molar-refractivity contribution in [1.82, 2.24) is 19.6 Å². The lowest BCUT2D eigenvalue weighted by Gasteiger charge is -2.18. The first-order valence-corrected chi connectivity index (χ1v) is 9.14. The number of hydrogen-bond acceptors (Lipinski definition) is 5. The van der Waals surface area contributed by atoms with Gasteiger partial charge in [-0.1, -0.05) is 6.92 Å². The van der Waals surface area contributed by atoms with Crippen LogP contribution in [0, 0.1) is 0 Å². The van der Waals surface area contributed by atoms with E-state index in [1.54, 1.807) is 6.33 Å². The Morgan fingerprint density at radius 2 is 2.30 bits per heavy atom. The Morgan fingerprint density at radius 1 is 1.43 bits per heavy atom. The SMILES string of the molecule is C[C@H]1CCCc2sc3nc(NCC[NH+](C)C)n4ncnc4c3c21. The van der Waals surface area contributed by atoms with Gasteiger partial charge in [0, 0.05) is 4.88 Å². The van der Waals surface area contributed by atoms with Gasteiger partial charge in [-0.15, -0.1) is 11.3 Å². The summed E-state index contributed by atoms with van der Waals surface area (Å²) >= 11 is 1.84. The van der Waals surface area contributed by atoms with Crippen LogP contribution in [-0.4, -0.2) is 46.8 Å². The highest BCUT2D eigenvalue weighted by molar-refractivity contribution is 7.19. The van der Waals surface area contributed by atoms with Gasteiger partial charge in [-0.25, -0.2) is 9.97 Å². The second-order valence-electron chi connectivity index (χ2n) is 6.73. The summed E-state index contributed by atoms with van der Waals surface area (Å²) < 4.78 is 1.86. The van der Waals surface area contributed by atoms with Gasteiger partial charge in [0.15, 0.2) is 5.65 Å². The molecule has 3 aromatic rings. The molecule has 4 rings (SSSR count). The van der Waals surface area contributed by atoms with Crippen molar-refractivity contribution in [2.45, 2.75) is 32.1 Å². The molecule has 1 aliphatic carbocycles. The molecule has 0 spiro atoms. The maximum atomic E-state index is 4.87. The average Bonchev–Trinajstić information content (AvgIpc) is 3.10. The molecule has 0 unspecified atom stereocenters. The minimum absolute atomic E-state index is 0.589. The van der Waals surface area contributed by atoms with Gasteiger partial charge in [-0.2, -0.15) is 9.61 Å². The molecule has 7 heteroatoms. The van der Waals surface area contributed by atoms with E-state index in [-0.39, 0.29) is 0 Å². The summed E-state index contributed by atoms with van der Waals surface area (Å²) in [5, 5.41) is 9.04. The van der Waals surface area contributed by atoms with Crippen LogP contribution in [0.2, 0.25) is 0 Å². The number of likely N-dealkylation sites (N-methyl/N-ethyl adjacent to an activating group) is 1. The van der Waals surface area contributed by atoms with E-state index in [2.05, 4.69) is 36.4 Å². The molecule has 23 heavy (non-hydrogen) atoms. The fourth-order valence-corrected chi connectivity index (χ4v) is 4.77. The number of nitrogens with one attached hydrogen (secondary N) is 2. The Bertz CT molecular complexity index is 849. The first kappa shape index (κ1) is 14.8. The number of aryl methyl sites for hydroxylation is 1. The van der Waals surface area contributed by atoms with Crippen LogP contribution in [0.25, 0.3) is 15.9 Å². The number of thiophene rings is 1. The molecule has 2 N–H and O–H groups in total. The lowest BCUT2D eigenvalue weighted by Crippen LogP contribution is -3.06. The van der Waals surface area contributed by atoms with Gasteiger partial charge < -0.3 is 10.2 Å². The second-order valence-corrected chi connectivity index (χ2v) is 7.81. The van der Waals surface area contributed by atoms with Crippen molar-refractivity contribution in [3.05, 3.63) is 16.8 Å². The zero-order valence-electron chi connectivity index (χ0n) is 13.9. The Kier molecular flexibility index (Phi) is 3.69. The quantitative estimate of drug-likeness (QED) is 0.757. The molecule has 0 saturated heterocycles. The van der Waals surface area contributed by atoms with Crippen LogP contribution in [0.3, 0.4) is 0 Å². The summed E-state index contributed by atoms with van der Waals surface area (Å²) in [5.41, 5.74) is 2.41. The topological polar surface area (TPSA) is 59.6 Å². The van der Waals surface area contributed by atoms with Gasteiger partial charge in [0.2, 0.25) is 5.95 Å². The third-order valence-corrected chi connectivity index (χ3v) is 5.78. The number of aromatic nitrogens is 4. The smallest absolute Gasteiger partial charge is 0.227 e. The van der Waals surface area contributed by atoms with E-state index in [1.807, 2.05) is 15.9 Å². The van der Waals surface area contributed by atoms with Gasteiger partial charge in [-0.05, 0) is 30.7 Å². The van der Waals surface area contributed by atoms with Crippen LogP contribution in [0.5, 0.6) is 0 Å². The predicted octanol–water partition coefficient (Wildman–Crippen LogP) is 1.34. The Labute approximate surface area is 139 Å². The van der Waals surface area contributed by atoms with Gasteiger partial charge in [0.05, 0.1) is 32.6 Å². The summed E-state index contributed by atoms with van der Waals surface area (Å²) in [7, 11) is 4.30. The number of rotatable bonds is 4. The second kappa shape index (κ2) is 5.72. The van der Waals surface area contributed by atoms with E-state index in [9.17, 15) is 0 Å². The fourth-order valence-electron chi connectivity index (χ4n) is 3.44. The molecule has 6 nitrogen and oxygen atoms in total. The lowest BCUT2D eigenvalue weighted by atomic mass is 9.87. The Hall–Kier alpha value is -1.73. The van der Waals surface area contributed by atoms with Crippen LogP contribution < -0.4 is 10.2 Å². The standard InChI is InChI=1S/C16H22N6S/c1-10-5-4-6-11-12(10)13-14-18-9-19-22(14)16(20-15(13)23-11)17-7-8-21(2)3/h9-10H,4-8H2,1-3H3,(H,17,20)/p+1/t10-/m0/s1. The maximum Gasteiger partial charge on any atom is 0.227 e. The first-order valence-electron chi connectivity index (χ1n) is 8.33. The molecule has 0 radical (unpaired) electrons. The average molecular weight is 331 g/mol. The minimum atomic E-state index is 0.589.